The molecule has 0 fully saturated rings. The molecule has 0 aromatic heterocycles. The highest BCUT2D eigenvalue weighted by molar-refractivity contribution is 5.70. The number of esters is 1. The third-order valence-corrected chi connectivity index (χ3v) is 4.24. The van der Waals surface area contributed by atoms with Gasteiger partial charge in [0.25, 0.3) is 5.69 Å². The number of hydrogen-bond acceptors (Lipinski definition) is 8. The molecule has 0 heterocycles. The summed E-state index contributed by atoms with van der Waals surface area (Å²) in [6, 6.07) is 13.5. The van der Waals surface area contributed by atoms with Gasteiger partial charge in [0, 0.05) is 30.9 Å². The Morgan fingerprint density at radius 1 is 1.30 bits per heavy atom. The van der Waals surface area contributed by atoms with E-state index in [9.17, 15) is 20.2 Å². The second-order valence-electron chi connectivity index (χ2n) is 6.20. The van der Waals surface area contributed by atoms with Crippen LogP contribution in [0.3, 0.4) is 0 Å². The van der Waals surface area contributed by atoms with Gasteiger partial charge >= 0.3 is 5.97 Å². The van der Waals surface area contributed by atoms with Crippen molar-refractivity contribution in [1.29, 1.82) is 5.26 Å². The molecular formula is C21H23N5O4. The topological polar surface area (TPSA) is 121 Å². The van der Waals surface area contributed by atoms with Crippen molar-refractivity contribution in [2.75, 3.05) is 35.4 Å². The zero-order valence-electron chi connectivity index (χ0n) is 16.6. The summed E-state index contributed by atoms with van der Waals surface area (Å²) in [5, 5.41) is 20.0. The SMILES string of the molecule is C=CCOC(=O)CCN(CC)c1ccc(NNc2ccc([N+](=O)[O-])cc2C#N)cc1. The number of nitrogens with one attached hydrogen (secondary N) is 2. The van der Waals surface area contributed by atoms with E-state index in [1.165, 1.54) is 24.3 Å². The van der Waals surface area contributed by atoms with Crippen molar-refractivity contribution in [1.82, 2.24) is 0 Å². The van der Waals surface area contributed by atoms with Gasteiger partial charge in [-0.3, -0.25) is 20.3 Å². The van der Waals surface area contributed by atoms with Crippen molar-refractivity contribution < 1.29 is 14.5 Å². The summed E-state index contributed by atoms with van der Waals surface area (Å²) in [7, 11) is 0. The van der Waals surface area contributed by atoms with Crippen LogP contribution >= 0.6 is 0 Å². The first kappa shape index (κ1) is 22.2. The van der Waals surface area contributed by atoms with Crippen LogP contribution in [0.25, 0.3) is 0 Å². The van der Waals surface area contributed by atoms with Crippen LogP contribution in [0.4, 0.5) is 22.7 Å². The second-order valence-corrected chi connectivity index (χ2v) is 6.20. The van der Waals surface area contributed by atoms with Crippen LogP contribution in [0, 0.1) is 21.4 Å². The fraction of sp³-hybridized carbons (Fsp3) is 0.238. The number of nitrogens with zero attached hydrogens (tertiary/aromatic N) is 3. The Hall–Kier alpha value is -4.06. The molecule has 0 saturated carbocycles. The number of nitriles is 1. The number of rotatable bonds is 11. The zero-order chi connectivity index (χ0) is 21.9. The summed E-state index contributed by atoms with van der Waals surface area (Å²) in [6.45, 7) is 6.99. The van der Waals surface area contributed by atoms with Gasteiger partial charge in [0.2, 0.25) is 0 Å². The molecule has 0 aliphatic heterocycles. The van der Waals surface area contributed by atoms with Crippen LogP contribution in [0.2, 0.25) is 0 Å². The average molecular weight is 409 g/mol. The number of hydrogen-bond donors (Lipinski definition) is 2. The van der Waals surface area contributed by atoms with E-state index < -0.39 is 4.92 Å². The van der Waals surface area contributed by atoms with Gasteiger partial charge in [0.05, 0.1) is 28.3 Å². The van der Waals surface area contributed by atoms with Crippen LogP contribution in [-0.4, -0.2) is 30.6 Å². The molecule has 2 N–H and O–H groups in total. The Balaban J connectivity index is 1.97. The first-order valence-electron chi connectivity index (χ1n) is 9.30. The molecule has 30 heavy (non-hydrogen) atoms. The van der Waals surface area contributed by atoms with Crippen LogP contribution in [0.1, 0.15) is 18.9 Å². The fourth-order valence-corrected chi connectivity index (χ4v) is 2.66. The molecule has 0 amide bonds. The van der Waals surface area contributed by atoms with Gasteiger partial charge in [-0.15, -0.1) is 0 Å². The van der Waals surface area contributed by atoms with Gasteiger partial charge in [-0.1, -0.05) is 12.7 Å². The van der Waals surface area contributed by atoms with E-state index in [2.05, 4.69) is 22.3 Å². The molecule has 0 spiro atoms. The molecule has 0 bridgehead atoms. The van der Waals surface area contributed by atoms with Crippen LogP contribution < -0.4 is 15.8 Å². The first-order chi connectivity index (χ1) is 14.5. The first-order valence-corrected chi connectivity index (χ1v) is 9.30. The van der Waals surface area contributed by atoms with E-state index in [-0.39, 0.29) is 30.2 Å². The van der Waals surface area contributed by atoms with E-state index in [1.54, 1.807) is 0 Å². The monoisotopic (exact) mass is 409 g/mol. The van der Waals surface area contributed by atoms with E-state index in [4.69, 9.17) is 4.74 Å². The summed E-state index contributed by atoms with van der Waals surface area (Å²) in [5.74, 6) is -0.271. The minimum atomic E-state index is -0.546. The third kappa shape index (κ3) is 6.24. The average Bonchev–Trinajstić information content (AvgIpc) is 2.77. The number of benzene rings is 2. The lowest BCUT2D eigenvalue weighted by atomic mass is 10.2. The molecule has 0 atom stereocenters. The van der Waals surface area contributed by atoms with Crippen molar-refractivity contribution in [3.63, 3.8) is 0 Å². The van der Waals surface area contributed by atoms with Crippen molar-refractivity contribution in [3.05, 3.63) is 70.8 Å². The Morgan fingerprint density at radius 2 is 2.03 bits per heavy atom. The molecule has 0 saturated heterocycles. The molecule has 2 aromatic carbocycles. The van der Waals surface area contributed by atoms with Gasteiger partial charge in [0.1, 0.15) is 12.7 Å². The quantitative estimate of drug-likeness (QED) is 0.248. The Bertz CT molecular complexity index is 937. The van der Waals surface area contributed by atoms with Gasteiger partial charge in [-0.05, 0) is 37.3 Å². The van der Waals surface area contributed by atoms with Crippen molar-refractivity contribution >= 4 is 28.7 Å². The molecule has 9 nitrogen and oxygen atoms in total. The zero-order valence-corrected chi connectivity index (χ0v) is 16.6. The number of nitro benzene ring substituents is 1. The van der Waals surface area contributed by atoms with Crippen molar-refractivity contribution in [2.24, 2.45) is 0 Å². The van der Waals surface area contributed by atoms with E-state index in [0.29, 0.717) is 12.2 Å². The van der Waals surface area contributed by atoms with E-state index in [1.807, 2.05) is 37.3 Å². The van der Waals surface area contributed by atoms with Crippen molar-refractivity contribution in [2.45, 2.75) is 13.3 Å². The number of carbonyl (C=O) groups is 1. The Morgan fingerprint density at radius 3 is 2.63 bits per heavy atom. The van der Waals surface area contributed by atoms with Crippen LogP contribution in [-0.2, 0) is 9.53 Å². The maximum Gasteiger partial charge on any atom is 0.307 e. The fourth-order valence-electron chi connectivity index (χ4n) is 2.66. The largest absolute Gasteiger partial charge is 0.461 e. The molecule has 2 rings (SSSR count). The van der Waals surface area contributed by atoms with Gasteiger partial charge < -0.3 is 15.1 Å². The smallest absolute Gasteiger partial charge is 0.307 e. The number of nitro groups is 1. The number of carbonyl (C=O) groups excluding carboxylic acids is 1. The molecule has 2 aromatic rings. The number of anilines is 3. The Labute approximate surface area is 174 Å². The maximum absolute atomic E-state index is 11.7. The van der Waals surface area contributed by atoms with Gasteiger partial charge in [-0.25, -0.2) is 0 Å². The second kappa shape index (κ2) is 11.1. The van der Waals surface area contributed by atoms with Crippen LogP contribution in [0.5, 0.6) is 0 Å². The predicted octanol–water partition coefficient (Wildman–Crippen LogP) is 3.85. The highest BCUT2D eigenvalue weighted by Crippen LogP contribution is 2.23. The lowest BCUT2D eigenvalue weighted by Crippen LogP contribution is -2.26. The number of non-ortho nitro benzene ring substituents is 1. The molecule has 9 heteroatoms. The molecule has 0 radical (unpaired) electrons. The summed E-state index contributed by atoms with van der Waals surface area (Å²) in [4.78, 5) is 24.0. The predicted molar refractivity (Wildman–Crippen MR) is 115 cm³/mol. The molecule has 156 valence electrons. The molecule has 0 unspecified atom stereocenters. The number of hydrazine groups is 1. The minimum Gasteiger partial charge on any atom is -0.461 e. The Kier molecular flexibility index (Phi) is 8.20. The highest BCUT2D eigenvalue weighted by atomic mass is 16.6. The van der Waals surface area contributed by atoms with Crippen molar-refractivity contribution in [3.8, 4) is 6.07 Å². The molecule has 0 aliphatic rings. The summed E-state index contributed by atoms with van der Waals surface area (Å²) < 4.78 is 4.99. The lowest BCUT2D eigenvalue weighted by molar-refractivity contribution is -0.384. The van der Waals surface area contributed by atoms with Gasteiger partial charge in [0.15, 0.2) is 0 Å². The minimum absolute atomic E-state index is 0.144. The van der Waals surface area contributed by atoms with E-state index >= 15 is 0 Å². The third-order valence-electron chi connectivity index (χ3n) is 4.24. The molecular weight excluding hydrogens is 386 g/mol. The normalized spacial score (nSPS) is 9.87. The maximum atomic E-state index is 11.7. The highest BCUT2D eigenvalue weighted by Gasteiger charge is 2.11. The molecule has 0 aliphatic carbocycles. The number of ether oxygens (including phenoxy) is 1. The summed E-state index contributed by atoms with van der Waals surface area (Å²) in [5.41, 5.74) is 8.00. The van der Waals surface area contributed by atoms with Crippen LogP contribution in [0.15, 0.2) is 55.1 Å². The van der Waals surface area contributed by atoms with E-state index in [0.717, 1.165) is 17.9 Å². The summed E-state index contributed by atoms with van der Waals surface area (Å²) in [6.07, 6.45) is 1.81. The summed E-state index contributed by atoms with van der Waals surface area (Å²) >= 11 is 0. The van der Waals surface area contributed by atoms with Gasteiger partial charge in [-0.2, -0.15) is 5.26 Å². The lowest BCUT2D eigenvalue weighted by Gasteiger charge is -2.23. The standard InChI is InChI=1S/C21H23N5O4/c1-3-13-30-21(27)11-12-25(4-2)18-7-5-17(6-8-18)23-24-20-10-9-19(26(28)29)14-16(20)15-22/h3,5-10,14,23-24H,1,4,11-13H2,2H3.